The Labute approximate surface area is 94.1 Å². The van der Waals surface area contributed by atoms with Crippen LogP contribution < -0.4 is 0 Å². The molecule has 0 atom stereocenters. The van der Waals surface area contributed by atoms with E-state index in [1.54, 1.807) is 6.20 Å². The van der Waals surface area contributed by atoms with Crippen molar-refractivity contribution in [3.63, 3.8) is 0 Å². The van der Waals surface area contributed by atoms with Gasteiger partial charge >= 0.3 is 0 Å². The monoisotopic (exact) mass is 212 g/mol. The maximum atomic E-state index is 4.33. The van der Waals surface area contributed by atoms with Crippen molar-refractivity contribution in [2.24, 2.45) is 10.2 Å². The zero-order valence-corrected chi connectivity index (χ0v) is 9.04. The fraction of sp³-hybridized carbons (Fsp3) is 0.167. The largest absolute Gasteiger partial charge is 0.256 e. The SMILES string of the molecule is Cc1cccc(CN=Nc2ccccn2)n1. The van der Waals surface area contributed by atoms with Gasteiger partial charge in [-0.15, -0.1) is 5.11 Å². The highest BCUT2D eigenvalue weighted by molar-refractivity contribution is 5.23. The summed E-state index contributed by atoms with van der Waals surface area (Å²) in [4.78, 5) is 8.38. The van der Waals surface area contributed by atoms with E-state index in [1.165, 1.54) is 0 Å². The summed E-state index contributed by atoms with van der Waals surface area (Å²) in [6, 6.07) is 11.4. The second kappa shape index (κ2) is 5.11. The van der Waals surface area contributed by atoms with E-state index < -0.39 is 0 Å². The highest BCUT2D eigenvalue weighted by Crippen LogP contribution is 2.07. The molecule has 0 saturated carbocycles. The number of rotatable bonds is 3. The zero-order valence-electron chi connectivity index (χ0n) is 9.04. The van der Waals surface area contributed by atoms with Gasteiger partial charge in [0, 0.05) is 11.9 Å². The lowest BCUT2D eigenvalue weighted by molar-refractivity contribution is 0.897. The van der Waals surface area contributed by atoms with E-state index >= 15 is 0 Å². The van der Waals surface area contributed by atoms with Crippen LogP contribution in [0.25, 0.3) is 0 Å². The maximum absolute atomic E-state index is 4.33. The molecular formula is C12H12N4. The molecule has 2 rings (SSSR count). The minimum atomic E-state index is 0.484. The van der Waals surface area contributed by atoms with Gasteiger partial charge in [-0.05, 0) is 31.2 Å². The summed E-state index contributed by atoms with van der Waals surface area (Å²) in [5, 5.41) is 8.06. The van der Waals surface area contributed by atoms with Crippen molar-refractivity contribution in [1.29, 1.82) is 0 Å². The maximum Gasteiger partial charge on any atom is 0.173 e. The van der Waals surface area contributed by atoms with Crippen LogP contribution in [0.2, 0.25) is 0 Å². The Morgan fingerprint density at radius 3 is 2.81 bits per heavy atom. The van der Waals surface area contributed by atoms with Crippen molar-refractivity contribution >= 4 is 5.82 Å². The highest BCUT2D eigenvalue weighted by atomic mass is 15.1. The van der Waals surface area contributed by atoms with E-state index in [2.05, 4.69) is 20.2 Å². The van der Waals surface area contributed by atoms with E-state index in [0.717, 1.165) is 11.4 Å². The standard InChI is InChI=1S/C12H12N4/c1-10-5-4-6-11(15-10)9-14-16-12-7-2-3-8-13-12/h2-8H,9H2,1H3. The van der Waals surface area contributed by atoms with Crippen LogP contribution in [-0.4, -0.2) is 9.97 Å². The molecular weight excluding hydrogens is 200 g/mol. The van der Waals surface area contributed by atoms with Crippen LogP contribution in [0.1, 0.15) is 11.4 Å². The molecule has 0 aliphatic heterocycles. The van der Waals surface area contributed by atoms with Gasteiger partial charge in [0.05, 0.1) is 5.69 Å². The van der Waals surface area contributed by atoms with E-state index in [9.17, 15) is 0 Å². The minimum absolute atomic E-state index is 0.484. The van der Waals surface area contributed by atoms with Crippen molar-refractivity contribution in [1.82, 2.24) is 9.97 Å². The first-order valence-electron chi connectivity index (χ1n) is 5.06. The second-order valence-electron chi connectivity index (χ2n) is 3.36. The Morgan fingerprint density at radius 2 is 2.06 bits per heavy atom. The van der Waals surface area contributed by atoms with Crippen LogP contribution in [0.3, 0.4) is 0 Å². The van der Waals surface area contributed by atoms with Crippen LogP contribution in [0, 0.1) is 6.92 Å². The molecule has 0 N–H and O–H groups in total. The zero-order chi connectivity index (χ0) is 11.2. The first kappa shape index (κ1) is 10.4. The van der Waals surface area contributed by atoms with Gasteiger partial charge in [0.15, 0.2) is 5.82 Å². The number of azo groups is 1. The number of aromatic nitrogens is 2. The lowest BCUT2D eigenvalue weighted by Gasteiger charge is -1.96. The molecule has 16 heavy (non-hydrogen) atoms. The van der Waals surface area contributed by atoms with Crippen molar-refractivity contribution in [2.75, 3.05) is 0 Å². The molecule has 0 spiro atoms. The summed E-state index contributed by atoms with van der Waals surface area (Å²) in [5.74, 6) is 0.621. The summed E-state index contributed by atoms with van der Waals surface area (Å²) in [7, 11) is 0. The molecule has 2 aromatic heterocycles. The topological polar surface area (TPSA) is 50.5 Å². The minimum Gasteiger partial charge on any atom is -0.256 e. The molecule has 4 nitrogen and oxygen atoms in total. The summed E-state index contributed by atoms with van der Waals surface area (Å²) < 4.78 is 0. The molecule has 4 heteroatoms. The predicted molar refractivity (Wildman–Crippen MR) is 61.4 cm³/mol. The lowest BCUT2D eigenvalue weighted by atomic mass is 10.3. The van der Waals surface area contributed by atoms with Gasteiger partial charge in [-0.1, -0.05) is 12.1 Å². The molecule has 0 unspecified atom stereocenters. The smallest absolute Gasteiger partial charge is 0.173 e. The normalized spacial score (nSPS) is 10.8. The van der Waals surface area contributed by atoms with Gasteiger partial charge in [-0.2, -0.15) is 5.11 Å². The second-order valence-corrected chi connectivity index (χ2v) is 3.36. The molecule has 0 aromatic carbocycles. The number of hydrogen-bond donors (Lipinski definition) is 0. The third-order valence-electron chi connectivity index (χ3n) is 2.00. The summed E-state index contributed by atoms with van der Waals surface area (Å²) in [5.41, 5.74) is 1.91. The molecule has 0 amide bonds. The fourth-order valence-corrected chi connectivity index (χ4v) is 1.28. The van der Waals surface area contributed by atoms with Crippen molar-refractivity contribution in [3.05, 3.63) is 54.0 Å². The fourth-order valence-electron chi connectivity index (χ4n) is 1.28. The number of hydrogen-bond acceptors (Lipinski definition) is 4. The van der Waals surface area contributed by atoms with Gasteiger partial charge in [-0.25, -0.2) is 4.98 Å². The van der Waals surface area contributed by atoms with Crippen LogP contribution in [0.4, 0.5) is 5.82 Å². The van der Waals surface area contributed by atoms with Gasteiger partial charge < -0.3 is 0 Å². The lowest BCUT2D eigenvalue weighted by Crippen LogP contribution is -1.88. The molecule has 0 fully saturated rings. The summed E-state index contributed by atoms with van der Waals surface area (Å²) in [6.45, 7) is 2.44. The van der Waals surface area contributed by atoms with Crippen LogP contribution in [-0.2, 0) is 6.54 Å². The molecule has 0 bridgehead atoms. The quantitative estimate of drug-likeness (QED) is 0.734. The first-order chi connectivity index (χ1) is 7.84. The van der Waals surface area contributed by atoms with Crippen molar-refractivity contribution < 1.29 is 0 Å². The molecule has 0 aliphatic rings. The predicted octanol–water partition coefficient (Wildman–Crippen LogP) is 3.07. The molecule has 2 heterocycles. The Kier molecular flexibility index (Phi) is 3.33. The Morgan fingerprint density at radius 1 is 1.12 bits per heavy atom. The molecule has 0 aliphatic carbocycles. The number of nitrogens with zero attached hydrogens (tertiary/aromatic N) is 4. The Hall–Kier alpha value is -2.10. The first-order valence-corrected chi connectivity index (χ1v) is 5.06. The molecule has 0 radical (unpaired) electrons. The third-order valence-corrected chi connectivity index (χ3v) is 2.00. The number of aryl methyl sites for hydroxylation is 1. The van der Waals surface area contributed by atoms with Gasteiger partial charge in [0.1, 0.15) is 6.54 Å². The summed E-state index contributed by atoms with van der Waals surface area (Å²) in [6.07, 6.45) is 1.69. The molecule has 80 valence electrons. The van der Waals surface area contributed by atoms with Crippen LogP contribution in [0.5, 0.6) is 0 Å². The van der Waals surface area contributed by atoms with Gasteiger partial charge in [0.2, 0.25) is 0 Å². The Bertz CT molecular complexity index is 479. The van der Waals surface area contributed by atoms with E-state index in [-0.39, 0.29) is 0 Å². The van der Waals surface area contributed by atoms with Crippen molar-refractivity contribution in [2.45, 2.75) is 13.5 Å². The average Bonchev–Trinajstić information content (AvgIpc) is 2.30. The van der Waals surface area contributed by atoms with Crippen LogP contribution in [0.15, 0.2) is 52.8 Å². The molecule has 0 saturated heterocycles. The van der Waals surface area contributed by atoms with Gasteiger partial charge in [0.25, 0.3) is 0 Å². The van der Waals surface area contributed by atoms with E-state index in [1.807, 2.05) is 43.3 Å². The van der Waals surface area contributed by atoms with Crippen molar-refractivity contribution in [3.8, 4) is 0 Å². The van der Waals surface area contributed by atoms with Crippen LogP contribution >= 0.6 is 0 Å². The van der Waals surface area contributed by atoms with E-state index in [4.69, 9.17) is 0 Å². The Balaban J connectivity index is 2.00. The van der Waals surface area contributed by atoms with Gasteiger partial charge in [-0.3, -0.25) is 4.98 Å². The average molecular weight is 212 g/mol. The highest BCUT2D eigenvalue weighted by Gasteiger charge is 1.93. The number of pyridine rings is 2. The third kappa shape index (κ3) is 2.95. The van der Waals surface area contributed by atoms with E-state index in [0.29, 0.717) is 12.4 Å². The summed E-state index contributed by atoms with van der Waals surface area (Å²) >= 11 is 0. The molecule has 2 aromatic rings.